The average Bonchev–Trinajstić information content (AvgIpc) is 2.66. The van der Waals surface area contributed by atoms with E-state index in [1.807, 2.05) is 19.1 Å². The Hall–Kier alpha value is -3.35. The van der Waals surface area contributed by atoms with E-state index < -0.39 is 17.9 Å². The Labute approximate surface area is 151 Å². The highest BCUT2D eigenvalue weighted by molar-refractivity contribution is 5.99. The zero-order valence-electron chi connectivity index (χ0n) is 14.7. The highest BCUT2D eigenvalue weighted by Gasteiger charge is 2.10. The van der Waals surface area contributed by atoms with Gasteiger partial charge in [-0.25, -0.2) is 4.79 Å². The Balaban J connectivity index is 1.88. The molecule has 7 nitrogen and oxygen atoms in total. The molecule has 0 saturated carbocycles. The van der Waals surface area contributed by atoms with Crippen LogP contribution >= 0.6 is 0 Å². The van der Waals surface area contributed by atoms with Gasteiger partial charge in [0.05, 0.1) is 6.61 Å². The largest absolute Gasteiger partial charge is 0.450 e. The van der Waals surface area contributed by atoms with Crippen molar-refractivity contribution in [2.24, 2.45) is 0 Å². The molecule has 2 aromatic rings. The van der Waals surface area contributed by atoms with Gasteiger partial charge in [0.15, 0.2) is 0 Å². The molecule has 0 aromatic heterocycles. The third kappa shape index (κ3) is 5.34. The fourth-order valence-electron chi connectivity index (χ4n) is 2.14. The first-order chi connectivity index (χ1) is 12.5. The van der Waals surface area contributed by atoms with Crippen molar-refractivity contribution in [3.8, 4) is 0 Å². The maximum atomic E-state index is 12.1. The van der Waals surface area contributed by atoms with E-state index in [1.165, 1.54) is 12.1 Å². The molecule has 0 radical (unpaired) electrons. The zero-order chi connectivity index (χ0) is 18.9. The summed E-state index contributed by atoms with van der Waals surface area (Å²) in [6, 6.07) is 13.3. The van der Waals surface area contributed by atoms with E-state index in [9.17, 15) is 14.4 Å². The minimum atomic E-state index is -0.564. The Morgan fingerprint density at radius 1 is 0.808 bits per heavy atom. The Morgan fingerprint density at radius 2 is 1.31 bits per heavy atom. The van der Waals surface area contributed by atoms with Crippen molar-refractivity contribution in [1.29, 1.82) is 0 Å². The van der Waals surface area contributed by atoms with Crippen LogP contribution in [0.2, 0.25) is 0 Å². The van der Waals surface area contributed by atoms with Crippen molar-refractivity contribution in [3.05, 3.63) is 65.2 Å². The normalized spacial score (nSPS) is 9.92. The maximum Gasteiger partial charge on any atom is 0.411 e. The van der Waals surface area contributed by atoms with Crippen LogP contribution in [-0.4, -0.2) is 24.5 Å². The van der Waals surface area contributed by atoms with Gasteiger partial charge >= 0.3 is 6.09 Å². The summed E-state index contributed by atoms with van der Waals surface area (Å²) < 4.78 is 4.77. The van der Waals surface area contributed by atoms with Crippen LogP contribution in [0.1, 0.15) is 40.1 Å². The Morgan fingerprint density at radius 3 is 1.77 bits per heavy atom. The molecule has 2 rings (SSSR count). The van der Waals surface area contributed by atoms with Gasteiger partial charge in [0, 0.05) is 16.8 Å². The smallest absolute Gasteiger partial charge is 0.411 e. The van der Waals surface area contributed by atoms with E-state index in [0.29, 0.717) is 16.8 Å². The Kier molecular flexibility index (Phi) is 6.73. The summed E-state index contributed by atoms with van der Waals surface area (Å²) in [4.78, 5) is 35.4. The molecule has 0 saturated heterocycles. The molecule has 0 aliphatic heterocycles. The molecule has 0 bridgehead atoms. The van der Waals surface area contributed by atoms with Crippen LogP contribution in [0.3, 0.4) is 0 Å². The fraction of sp³-hybridized carbons (Fsp3) is 0.211. The summed E-state index contributed by atoms with van der Waals surface area (Å²) in [5, 5.41) is 2.53. The van der Waals surface area contributed by atoms with Gasteiger partial charge in [0.25, 0.3) is 11.8 Å². The molecule has 3 amide bonds. The van der Waals surface area contributed by atoms with E-state index in [2.05, 4.69) is 16.2 Å². The van der Waals surface area contributed by atoms with Crippen molar-refractivity contribution in [2.45, 2.75) is 20.3 Å². The number of anilines is 1. The van der Waals surface area contributed by atoms with Crippen LogP contribution < -0.4 is 16.2 Å². The van der Waals surface area contributed by atoms with Gasteiger partial charge in [-0.3, -0.25) is 25.8 Å². The van der Waals surface area contributed by atoms with Gasteiger partial charge in [-0.2, -0.15) is 0 Å². The number of amides is 3. The molecule has 0 heterocycles. The van der Waals surface area contributed by atoms with E-state index in [0.717, 1.165) is 12.0 Å². The molecule has 136 valence electrons. The molecule has 0 fully saturated rings. The van der Waals surface area contributed by atoms with Gasteiger partial charge in [-0.15, -0.1) is 0 Å². The summed E-state index contributed by atoms with van der Waals surface area (Å²) in [5.41, 5.74) is 7.14. The summed E-state index contributed by atoms with van der Waals surface area (Å²) in [5.74, 6) is -0.868. The van der Waals surface area contributed by atoms with Crippen LogP contribution in [0.4, 0.5) is 10.5 Å². The standard InChI is InChI=1S/C19H21N3O4/c1-3-13-5-7-14(8-6-13)17(23)21-22-18(24)15-9-11-16(12-10-15)20-19(25)26-4-2/h5-12H,3-4H2,1-2H3,(H,20,25)(H,21,23)(H,22,24). The number of carbonyl (C=O) groups excluding carboxylic acids is 3. The molecule has 7 heteroatoms. The second-order valence-corrected chi connectivity index (χ2v) is 5.38. The lowest BCUT2D eigenvalue weighted by Crippen LogP contribution is -2.41. The predicted molar refractivity (Wildman–Crippen MR) is 97.8 cm³/mol. The molecule has 0 unspecified atom stereocenters. The second kappa shape index (κ2) is 9.22. The van der Waals surface area contributed by atoms with Gasteiger partial charge in [-0.05, 0) is 55.3 Å². The van der Waals surface area contributed by atoms with Gasteiger partial charge in [0.1, 0.15) is 0 Å². The molecule has 0 aliphatic rings. The highest BCUT2D eigenvalue weighted by Crippen LogP contribution is 2.10. The highest BCUT2D eigenvalue weighted by atomic mass is 16.5. The van der Waals surface area contributed by atoms with E-state index in [1.54, 1.807) is 31.2 Å². The first-order valence-electron chi connectivity index (χ1n) is 8.27. The molecule has 2 aromatic carbocycles. The first-order valence-corrected chi connectivity index (χ1v) is 8.27. The topological polar surface area (TPSA) is 96.5 Å². The van der Waals surface area contributed by atoms with E-state index in [4.69, 9.17) is 4.74 Å². The number of benzene rings is 2. The SMILES string of the molecule is CCOC(=O)Nc1ccc(C(=O)NNC(=O)c2ccc(CC)cc2)cc1. The van der Waals surface area contributed by atoms with Crippen LogP contribution in [0, 0.1) is 0 Å². The van der Waals surface area contributed by atoms with Crippen molar-refractivity contribution < 1.29 is 19.1 Å². The average molecular weight is 355 g/mol. The predicted octanol–water partition coefficient (Wildman–Crippen LogP) is 2.89. The van der Waals surface area contributed by atoms with Crippen LogP contribution in [0.5, 0.6) is 0 Å². The second-order valence-electron chi connectivity index (χ2n) is 5.38. The number of ether oxygens (including phenoxy) is 1. The van der Waals surface area contributed by atoms with Gasteiger partial charge in [0.2, 0.25) is 0 Å². The van der Waals surface area contributed by atoms with Gasteiger partial charge < -0.3 is 4.74 Å². The monoisotopic (exact) mass is 355 g/mol. The number of aryl methyl sites for hydroxylation is 1. The number of hydrogen-bond donors (Lipinski definition) is 3. The fourth-order valence-corrected chi connectivity index (χ4v) is 2.14. The minimum absolute atomic E-state index is 0.271. The molecule has 3 N–H and O–H groups in total. The number of hydrazine groups is 1. The van der Waals surface area contributed by atoms with Crippen LogP contribution in [-0.2, 0) is 11.2 Å². The van der Waals surface area contributed by atoms with Crippen molar-refractivity contribution in [2.75, 3.05) is 11.9 Å². The van der Waals surface area contributed by atoms with E-state index >= 15 is 0 Å². The number of rotatable bonds is 5. The number of carbonyl (C=O) groups is 3. The first kappa shape index (κ1) is 19.0. The van der Waals surface area contributed by atoms with Crippen molar-refractivity contribution in [3.63, 3.8) is 0 Å². The maximum absolute atomic E-state index is 12.1. The quantitative estimate of drug-likeness (QED) is 0.719. The van der Waals surface area contributed by atoms with Crippen LogP contribution in [0.25, 0.3) is 0 Å². The molecular formula is C19H21N3O4. The van der Waals surface area contributed by atoms with E-state index in [-0.39, 0.29) is 6.61 Å². The van der Waals surface area contributed by atoms with Crippen molar-refractivity contribution >= 4 is 23.6 Å². The third-order valence-corrected chi connectivity index (χ3v) is 3.58. The lowest BCUT2D eigenvalue weighted by atomic mass is 10.1. The summed E-state index contributed by atoms with van der Waals surface area (Å²) >= 11 is 0. The summed E-state index contributed by atoms with van der Waals surface area (Å²) in [6.45, 7) is 4.01. The van der Waals surface area contributed by atoms with Gasteiger partial charge in [-0.1, -0.05) is 19.1 Å². The number of hydrogen-bond acceptors (Lipinski definition) is 4. The summed E-state index contributed by atoms with van der Waals surface area (Å²) in [6.07, 6.45) is 0.325. The molecule has 0 spiro atoms. The molecule has 0 atom stereocenters. The third-order valence-electron chi connectivity index (χ3n) is 3.58. The summed E-state index contributed by atoms with van der Waals surface area (Å²) in [7, 11) is 0. The minimum Gasteiger partial charge on any atom is -0.450 e. The Bertz CT molecular complexity index is 770. The van der Waals surface area contributed by atoms with Crippen molar-refractivity contribution in [1.82, 2.24) is 10.9 Å². The molecule has 26 heavy (non-hydrogen) atoms. The zero-order valence-corrected chi connectivity index (χ0v) is 14.7. The number of nitrogens with one attached hydrogen (secondary N) is 3. The lowest BCUT2D eigenvalue weighted by molar-refractivity contribution is 0.0846. The lowest BCUT2D eigenvalue weighted by Gasteiger charge is -2.09. The van der Waals surface area contributed by atoms with Crippen LogP contribution in [0.15, 0.2) is 48.5 Å². The molecular weight excluding hydrogens is 334 g/mol. The molecule has 0 aliphatic carbocycles.